The number of thiazole rings is 1. The molecule has 9 heteroatoms. The smallest absolute Gasteiger partial charge is 0.270 e. The van der Waals surface area contributed by atoms with Gasteiger partial charge >= 0.3 is 0 Å². The van der Waals surface area contributed by atoms with Gasteiger partial charge in [-0.2, -0.15) is 5.10 Å². The SMILES string of the molecule is Cc1nn(C)cc1/C=c1\sc2n(c1=O)[C@H]1c3ccccc3O[C@@](C)(N=2)[C@H]1C(N)=O. The van der Waals surface area contributed by atoms with Crippen LogP contribution in [-0.2, 0) is 11.8 Å². The molecular formula is C20H19N5O3S. The van der Waals surface area contributed by atoms with Crippen LogP contribution in [0.4, 0.5) is 0 Å². The Bertz CT molecular complexity index is 1350. The maximum atomic E-state index is 13.4. The van der Waals surface area contributed by atoms with Crippen LogP contribution in [0.15, 0.2) is 40.2 Å². The minimum atomic E-state index is -1.16. The summed E-state index contributed by atoms with van der Waals surface area (Å²) in [5, 5.41) is 4.32. The van der Waals surface area contributed by atoms with Crippen LogP contribution in [0.3, 0.4) is 0 Å². The molecule has 0 unspecified atom stereocenters. The molecule has 0 saturated carbocycles. The van der Waals surface area contributed by atoms with Crippen molar-refractivity contribution >= 4 is 23.3 Å². The summed E-state index contributed by atoms with van der Waals surface area (Å²) in [4.78, 5) is 31.0. The van der Waals surface area contributed by atoms with Gasteiger partial charge in [0.05, 0.1) is 16.3 Å². The highest BCUT2D eigenvalue weighted by Crippen LogP contribution is 2.46. The molecule has 0 radical (unpaired) electrons. The number of primary amides is 1. The largest absolute Gasteiger partial charge is 0.465 e. The van der Waals surface area contributed by atoms with Crippen molar-refractivity contribution < 1.29 is 9.53 Å². The first-order valence-corrected chi connectivity index (χ1v) is 10.0. The van der Waals surface area contributed by atoms with Gasteiger partial charge in [-0.15, -0.1) is 0 Å². The molecule has 2 N–H and O–H groups in total. The molecule has 0 spiro atoms. The summed E-state index contributed by atoms with van der Waals surface area (Å²) in [6, 6.07) is 6.84. The number of carbonyl (C=O) groups is 1. The number of nitrogens with two attached hydrogens (primary N) is 1. The van der Waals surface area contributed by atoms with Crippen LogP contribution in [0.2, 0.25) is 0 Å². The summed E-state index contributed by atoms with van der Waals surface area (Å²) in [6.07, 6.45) is 3.67. The van der Waals surface area contributed by atoms with Crippen LogP contribution in [0, 0.1) is 12.8 Å². The first-order chi connectivity index (χ1) is 13.8. The molecule has 148 valence electrons. The Morgan fingerprint density at radius 3 is 2.83 bits per heavy atom. The number of ether oxygens (including phenoxy) is 1. The molecule has 2 bridgehead atoms. The lowest BCUT2D eigenvalue weighted by Crippen LogP contribution is -2.59. The number of aromatic nitrogens is 3. The van der Waals surface area contributed by atoms with Gasteiger partial charge in [-0.05, 0) is 26.0 Å². The second-order valence-corrected chi connectivity index (χ2v) is 8.55. The van der Waals surface area contributed by atoms with Gasteiger partial charge in [0.25, 0.3) is 5.56 Å². The number of para-hydroxylation sites is 1. The van der Waals surface area contributed by atoms with Crippen molar-refractivity contribution in [2.45, 2.75) is 25.6 Å². The van der Waals surface area contributed by atoms with Gasteiger partial charge in [-0.25, -0.2) is 4.99 Å². The normalized spacial score (nSPS) is 25.0. The fourth-order valence-corrected chi connectivity index (χ4v) is 5.37. The number of hydrogen-bond donors (Lipinski definition) is 1. The van der Waals surface area contributed by atoms with E-state index in [0.717, 1.165) is 16.8 Å². The second-order valence-electron chi connectivity index (χ2n) is 7.54. The van der Waals surface area contributed by atoms with Crippen molar-refractivity contribution in [2.24, 2.45) is 23.7 Å². The average Bonchev–Trinajstić information content (AvgIpc) is 3.11. The topological polar surface area (TPSA) is 104 Å². The van der Waals surface area contributed by atoms with Gasteiger partial charge in [-0.3, -0.25) is 18.8 Å². The van der Waals surface area contributed by atoms with E-state index in [4.69, 9.17) is 10.5 Å². The van der Waals surface area contributed by atoms with E-state index in [1.165, 1.54) is 11.3 Å². The van der Waals surface area contributed by atoms with Gasteiger partial charge in [0.15, 0.2) is 4.80 Å². The molecule has 2 aromatic heterocycles. The van der Waals surface area contributed by atoms with Crippen LogP contribution < -0.4 is 25.4 Å². The molecule has 29 heavy (non-hydrogen) atoms. The maximum absolute atomic E-state index is 13.4. The van der Waals surface area contributed by atoms with Gasteiger partial charge in [0, 0.05) is 24.4 Å². The Labute approximate surface area is 169 Å². The number of amides is 1. The first kappa shape index (κ1) is 17.9. The monoisotopic (exact) mass is 409 g/mol. The Morgan fingerprint density at radius 2 is 2.14 bits per heavy atom. The molecule has 0 aliphatic carbocycles. The quantitative estimate of drug-likeness (QED) is 0.653. The van der Waals surface area contributed by atoms with Crippen LogP contribution >= 0.6 is 11.3 Å². The molecule has 0 saturated heterocycles. The fourth-order valence-electron chi connectivity index (χ4n) is 4.28. The molecule has 4 heterocycles. The number of nitrogens with zero attached hydrogens (tertiary/aromatic N) is 4. The summed E-state index contributed by atoms with van der Waals surface area (Å²) in [5.41, 5.74) is 6.83. The van der Waals surface area contributed by atoms with E-state index in [-0.39, 0.29) is 5.56 Å². The third-order valence-electron chi connectivity index (χ3n) is 5.52. The van der Waals surface area contributed by atoms with E-state index in [2.05, 4.69) is 10.1 Å². The van der Waals surface area contributed by atoms with Crippen LogP contribution in [-0.4, -0.2) is 26.0 Å². The molecule has 0 fully saturated rings. The number of rotatable bonds is 2. The molecule has 2 aliphatic rings. The molecule has 8 nitrogen and oxygen atoms in total. The molecule has 3 aromatic rings. The summed E-state index contributed by atoms with van der Waals surface area (Å²) in [6.45, 7) is 3.64. The van der Waals surface area contributed by atoms with Crippen LogP contribution in [0.5, 0.6) is 5.75 Å². The van der Waals surface area contributed by atoms with Crippen molar-refractivity contribution in [3.63, 3.8) is 0 Å². The van der Waals surface area contributed by atoms with Gasteiger partial charge in [-0.1, -0.05) is 29.5 Å². The lowest BCUT2D eigenvalue weighted by atomic mass is 9.81. The fraction of sp³-hybridized carbons (Fsp3) is 0.300. The zero-order valence-corrected chi connectivity index (χ0v) is 16.9. The Kier molecular flexibility index (Phi) is 3.63. The lowest BCUT2D eigenvalue weighted by Gasteiger charge is -2.44. The summed E-state index contributed by atoms with van der Waals surface area (Å²) < 4.78 is 9.93. The Hall–Kier alpha value is -3.20. The van der Waals surface area contributed by atoms with Crippen molar-refractivity contribution in [1.29, 1.82) is 0 Å². The zero-order chi connectivity index (χ0) is 20.5. The van der Waals surface area contributed by atoms with Crippen LogP contribution in [0.25, 0.3) is 6.08 Å². The molecule has 2 aliphatic heterocycles. The number of fused-ring (bicyclic) bond motifs is 6. The molecule has 1 amide bonds. The third kappa shape index (κ3) is 2.50. The maximum Gasteiger partial charge on any atom is 0.270 e. The van der Waals surface area contributed by atoms with Gasteiger partial charge < -0.3 is 10.5 Å². The number of benzene rings is 1. The minimum absolute atomic E-state index is 0.202. The van der Waals surface area contributed by atoms with E-state index in [1.54, 1.807) is 16.2 Å². The van der Waals surface area contributed by atoms with Crippen molar-refractivity contribution in [1.82, 2.24) is 14.3 Å². The standard InChI is InChI=1S/C20H19N5O3S/c1-10-11(9-24(3)23-10)8-14-18(27)25-16-12-6-4-5-7-13(12)28-20(2,15(16)17(21)26)22-19(25)29-14/h4-9,15-16H,1-3H3,(H2,21,26)/b14-8-/t15-,16+,20-/m1/s1. The van der Waals surface area contributed by atoms with Crippen molar-refractivity contribution in [2.75, 3.05) is 0 Å². The minimum Gasteiger partial charge on any atom is -0.465 e. The predicted octanol–water partition coefficient (Wildman–Crippen LogP) is 0.213. The second kappa shape index (κ2) is 5.90. The van der Waals surface area contributed by atoms with Crippen molar-refractivity contribution in [3.8, 4) is 5.75 Å². The third-order valence-corrected chi connectivity index (χ3v) is 6.51. The van der Waals surface area contributed by atoms with E-state index < -0.39 is 23.6 Å². The van der Waals surface area contributed by atoms with Crippen molar-refractivity contribution in [3.05, 3.63) is 67.0 Å². The Morgan fingerprint density at radius 1 is 1.38 bits per heavy atom. The van der Waals surface area contributed by atoms with E-state index in [9.17, 15) is 9.59 Å². The van der Waals surface area contributed by atoms with E-state index in [0.29, 0.717) is 15.1 Å². The lowest BCUT2D eigenvalue weighted by molar-refractivity contribution is -0.133. The van der Waals surface area contributed by atoms with E-state index in [1.807, 2.05) is 50.5 Å². The highest BCUT2D eigenvalue weighted by molar-refractivity contribution is 7.07. The Balaban J connectivity index is 1.82. The molecule has 3 atom stereocenters. The van der Waals surface area contributed by atoms with Gasteiger partial charge in [0.1, 0.15) is 11.7 Å². The predicted molar refractivity (Wildman–Crippen MR) is 107 cm³/mol. The molecular weight excluding hydrogens is 390 g/mol. The number of aryl methyl sites for hydroxylation is 2. The first-order valence-electron chi connectivity index (χ1n) is 9.19. The summed E-state index contributed by atoms with van der Waals surface area (Å²) >= 11 is 1.28. The number of carbonyl (C=O) groups excluding carboxylic acids is 1. The summed E-state index contributed by atoms with van der Waals surface area (Å²) in [7, 11) is 1.83. The van der Waals surface area contributed by atoms with E-state index >= 15 is 0 Å². The summed E-state index contributed by atoms with van der Waals surface area (Å²) in [5.74, 6) is -0.725. The molecule has 5 rings (SSSR count). The molecule has 1 aromatic carbocycles. The highest BCUT2D eigenvalue weighted by atomic mass is 32.1. The highest BCUT2D eigenvalue weighted by Gasteiger charge is 2.54. The van der Waals surface area contributed by atoms with Gasteiger partial charge in [0.2, 0.25) is 11.6 Å². The van der Waals surface area contributed by atoms with Crippen LogP contribution in [0.1, 0.15) is 29.8 Å². The number of hydrogen-bond acceptors (Lipinski definition) is 6. The average molecular weight is 409 g/mol. The zero-order valence-electron chi connectivity index (χ0n) is 16.1.